The Bertz CT molecular complexity index is 234. The van der Waals surface area contributed by atoms with Crippen LogP contribution in [0.4, 0.5) is 0 Å². The third-order valence-corrected chi connectivity index (χ3v) is 4.12. The molecule has 0 radical (unpaired) electrons. The molecule has 1 unspecified atom stereocenters. The topological polar surface area (TPSA) is 57.5 Å². The molecule has 0 aliphatic carbocycles. The van der Waals surface area contributed by atoms with Gasteiger partial charge in [-0.1, -0.05) is 96.8 Å². The second-order valence-electron chi connectivity index (χ2n) is 6.24. The summed E-state index contributed by atoms with van der Waals surface area (Å²) in [7, 11) is 0. The van der Waals surface area contributed by atoms with Crippen LogP contribution in [0.15, 0.2) is 0 Å². The Morgan fingerprint density at radius 3 is 1.36 bits per heavy atom. The Morgan fingerprint density at radius 1 is 0.727 bits per heavy atom. The summed E-state index contributed by atoms with van der Waals surface area (Å²) in [5.74, 6) is -1.09. The van der Waals surface area contributed by atoms with Crippen molar-refractivity contribution in [3.63, 3.8) is 0 Å². The van der Waals surface area contributed by atoms with E-state index in [1.54, 1.807) is 0 Å². The second-order valence-corrected chi connectivity index (χ2v) is 6.24. The Balaban J connectivity index is 0. The van der Waals surface area contributed by atoms with Crippen molar-refractivity contribution in [2.45, 2.75) is 109 Å². The van der Waals surface area contributed by atoms with Crippen LogP contribution in [0.3, 0.4) is 0 Å². The fourth-order valence-electron chi connectivity index (χ4n) is 2.66. The van der Waals surface area contributed by atoms with Crippen LogP contribution in [0.25, 0.3) is 0 Å². The normalized spacial score (nSPS) is 11.9. The number of aliphatic carboxylic acids is 1. The molecule has 3 nitrogen and oxygen atoms in total. The van der Waals surface area contributed by atoms with Crippen LogP contribution in [-0.2, 0) is 4.79 Å². The molecule has 0 fully saturated rings. The van der Waals surface area contributed by atoms with Crippen molar-refractivity contribution in [1.82, 2.24) is 0 Å². The van der Waals surface area contributed by atoms with Gasteiger partial charge in [-0.05, 0) is 6.42 Å². The minimum atomic E-state index is -1.16. The van der Waals surface area contributed by atoms with E-state index in [2.05, 4.69) is 6.92 Å². The Kier molecular flexibility index (Phi) is 22.4. The van der Waals surface area contributed by atoms with Gasteiger partial charge in [0, 0.05) is 0 Å². The van der Waals surface area contributed by atoms with Gasteiger partial charge in [0.1, 0.15) is 0 Å². The van der Waals surface area contributed by atoms with Gasteiger partial charge in [-0.3, -0.25) is 0 Å². The van der Waals surface area contributed by atoms with Crippen molar-refractivity contribution in [1.29, 1.82) is 0 Å². The van der Waals surface area contributed by atoms with Gasteiger partial charge in [-0.2, -0.15) is 0 Å². The molecule has 0 heterocycles. The Morgan fingerprint density at radius 2 is 1.05 bits per heavy atom. The summed E-state index contributed by atoms with van der Waals surface area (Å²) < 4.78 is 0. The van der Waals surface area contributed by atoms with Gasteiger partial charge in [-0.25, -0.2) is 4.79 Å². The molecule has 0 aromatic rings. The maximum atomic E-state index is 10.4. The zero-order valence-electron chi connectivity index (χ0n) is 14.0. The molecule has 2 N–H and O–H groups in total. The zero-order chi connectivity index (χ0) is 15.8. The van der Waals surface area contributed by atoms with E-state index in [1.165, 1.54) is 77.0 Å². The number of aliphatic hydroxyl groups excluding tert-OH is 1. The Labute approximate surface area is 167 Å². The summed E-state index contributed by atoms with van der Waals surface area (Å²) in [6, 6.07) is 0. The molecule has 0 bridgehead atoms. The van der Waals surface area contributed by atoms with Crippen molar-refractivity contribution >= 4 is 43.7 Å². The van der Waals surface area contributed by atoms with Gasteiger partial charge in [-0.15, -0.1) is 0 Å². The van der Waals surface area contributed by atoms with E-state index in [0.717, 1.165) is 12.8 Å². The van der Waals surface area contributed by atoms with E-state index in [0.29, 0.717) is 6.42 Å². The van der Waals surface area contributed by atoms with Gasteiger partial charge >= 0.3 is 43.7 Å². The average Bonchev–Trinajstić information content (AvgIpc) is 2.47. The molecule has 0 amide bonds. The van der Waals surface area contributed by atoms with Crippen LogP contribution in [-0.4, -0.2) is 60.0 Å². The average molecular weight is 343 g/mol. The number of carboxylic acid groups (broad SMARTS) is 1. The molecule has 0 saturated carbocycles. The van der Waals surface area contributed by atoms with Gasteiger partial charge in [0.05, 0.1) is 0 Å². The van der Waals surface area contributed by atoms with E-state index >= 15 is 0 Å². The molecule has 0 aromatic heterocycles. The molecule has 22 heavy (non-hydrogen) atoms. The number of rotatable bonds is 16. The van der Waals surface area contributed by atoms with E-state index < -0.39 is 12.1 Å². The summed E-state index contributed by atoms with van der Waals surface area (Å²) in [5, 5.41) is 17.7. The number of carbonyl (C=O) groups is 1. The van der Waals surface area contributed by atoms with Crippen molar-refractivity contribution in [2.24, 2.45) is 0 Å². The van der Waals surface area contributed by atoms with Crippen LogP contribution in [0, 0.1) is 0 Å². The standard InChI is InChI=1S/C18H36O3.Ca.2H/c1-2-3-4-5-6-7-8-9-10-11-12-13-14-15-16-17(19)18(20)21;;;/h17,19H,2-16H2,1H3,(H,20,21);;;. The van der Waals surface area contributed by atoms with Gasteiger partial charge in [0.25, 0.3) is 0 Å². The first-order chi connectivity index (χ1) is 10.2. The molecule has 1 atom stereocenters. The molecule has 0 aliphatic rings. The first-order valence-electron chi connectivity index (χ1n) is 9.09. The molecule has 0 aromatic carbocycles. The molecule has 130 valence electrons. The van der Waals surface area contributed by atoms with E-state index in [-0.39, 0.29) is 37.7 Å². The number of unbranched alkanes of at least 4 members (excludes halogenated alkanes) is 13. The van der Waals surface area contributed by atoms with Crippen molar-refractivity contribution in [2.75, 3.05) is 0 Å². The predicted octanol–water partition coefficient (Wildman–Crippen LogP) is 4.39. The number of aliphatic hydroxyl groups is 1. The third-order valence-electron chi connectivity index (χ3n) is 4.12. The van der Waals surface area contributed by atoms with Crippen LogP contribution in [0.5, 0.6) is 0 Å². The molecule has 0 rings (SSSR count). The van der Waals surface area contributed by atoms with Gasteiger partial charge in [0.15, 0.2) is 6.10 Å². The van der Waals surface area contributed by atoms with Crippen molar-refractivity contribution in [3.8, 4) is 0 Å². The van der Waals surface area contributed by atoms with Crippen LogP contribution < -0.4 is 0 Å². The molecular weight excluding hydrogens is 304 g/mol. The molecule has 0 aliphatic heterocycles. The summed E-state index contributed by atoms with van der Waals surface area (Å²) in [6.07, 6.45) is 17.3. The zero-order valence-corrected chi connectivity index (χ0v) is 14.0. The number of hydrogen-bond acceptors (Lipinski definition) is 2. The Hall–Kier alpha value is 0.690. The number of hydrogen-bond donors (Lipinski definition) is 2. The first kappa shape index (κ1) is 24.9. The minimum absolute atomic E-state index is 0. The van der Waals surface area contributed by atoms with E-state index in [9.17, 15) is 4.79 Å². The van der Waals surface area contributed by atoms with E-state index in [1.807, 2.05) is 0 Å². The molecule has 0 saturated heterocycles. The van der Waals surface area contributed by atoms with E-state index in [4.69, 9.17) is 10.2 Å². The first-order valence-corrected chi connectivity index (χ1v) is 9.09. The van der Waals surface area contributed by atoms with Crippen LogP contribution >= 0.6 is 0 Å². The fraction of sp³-hybridized carbons (Fsp3) is 0.944. The predicted molar refractivity (Wildman–Crippen MR) is 97.1 cm³/mol. The fourth-order valence-corrected chi connectivity index (χ4v) is 2.66. The van der Waals surface area contributed by atoms with Gasteiger partial charge in [0.2, 0.25) is 0 Å². The second kappa shape index (κ2) is 19.7. The monoisotopic (exact) mass is 342 g/mol. The quantitative estimate of drug-likeness (QED) is 0.323. The summed E-state index contributed by atoms with van der Waals surface area (Å²) in [5.41, 5.74) is 0. The molecule has 4 heteroatoms. The SMILES string of the molecule is CCCCCCCCCCCCCCCCC(O)C(=O)O.[CaH2]. The van der Waals surface area contributed by atoms with Crippen LogP contribution in [0.1, 0.15) is 103 Å². The summed E-state index contributed by atoms with van der Waals surface area (Å²) in [4.78, 5) is 10.4. The van der Waals surface area contributed by atoms with Crippen LogP contribution in [0.2, 0.25) is 0 Å². The van der Waals surface area contributed by atoms with Crippen molar-refractivity contribution < 1.29 is 15.0 Å². The van der Waals surface area contributed by atoms with Crippen molar-refractivity contribution in [3.05, 3.63) is 0 Å². The number of carboxylic acids is 1. The third kappa shape index (κ3) is 18.7. The molecule has 0 spiro atoms. The summed E-state index contributed by atoms with van der Waals surface area (Å²) in [6.45, 7) is 2.26. The summed E-state index contributed by atoms with van der Waals surface area (Å²) >= 11 is 0. The van der Waals surface area contributed by atoms with Gasteiger partial charge < -0.3 is 10.2 Å². The maximum absolute atomic E-state index is 10.4. The molecular formula is C18H38CaO3.